The second-order valence-electron chi connectivity index (χ2n) is 3.74. The van der Waals surface area contributed by atoms with Gasteiger partial charge in [-0.1, -0.05) is 0 Å². The normalized spacial score (nSPS) is 13.5. The molecule has 0 aromatic heterocycles. The van der Waals surface area contributed by atoms with Crippen LogP contribution in [0.2, 0.25) is 0 Å². The van der Waals surface area contributed by atoms with Crippen molar-refractivity contribution in [1.29, 1.82) is 0 Å². The van der Waals surface area contributed by atoms with E-state index < -0.39 is 29.6 Å². The van der Waals surface area contributed by atoms with Crippen molar-refractivity contribution < 1.29 is 32.6 Å². The summed E-state index contributed by atoms with van der Waals surface area (Å²) < 4.78 is 40.6. The van der Waals surface area contributed by atoms with E-state index in [2.05, 4.69) is 9.73 Å². The van der Waals surface area contributed by atoms with E-state index in [0.717, 1.165) is 0 Å². The summed E-state index contributed by atoms with van der Waals surface area (Å²) in [6.07, 6.45) is -6.80. The number of amides is 1. The lowest BCUT2D eigenvalue weighted by Gasteiger charge is -2.17. The number of hydrogen-bond donors (Lipinski definition) is 1. The molecule has 1 N–H and O–H groups in total. The number of aliphatic imine (C=N–C) groups is 1. The van der Waals surface area contributed by atoms with Gasteiger partial charge in [0, 0.05) is 0 Å². The van der Waals surface area contributed by atoms with Gasteiger partial charge in [-0.3, -0.25) is 0 Å². The Morgan fingerprint density at radius 2 is 1.62 bits per heavy atom. The SMILES string of the molecule is CC(C)(C)OC(=O)/N=C(\C(=O)O)C(F)(F)F. The number of ether oxygens (including phenoxy) is 1. The number of carbonyl (C=O) groups is 2. The van der Waals surface area contributed by atoms with Crippen molar-refractivity contribution >= 4 is 17.8 Å². The molecule has 0 fully saturated rings. The Bertz CT molecular complexity index is 327. The molecule has 0 aliphatic carbocycles. The number of alkyl halides is 3. The van der Waals surface area contributed by atoms with Crippen molar-refractivity contribution in [3.8, 4) is 0 Å². The summed E-state index contributed by atoms with van der Waals surface area (Å²) in [7, 11) is 0. The second kappa shape index (κ2) is 4.50. The third kappa shape index (κ3) is 5.32. The first-order valence-corrected chi connectivity index (χ1v) is 4.05. The highest BCUT2D eigenvalue weighted by molar-refractivity contribution is 6.39. The van der Waals surface area contributed by atoms with E-state index in [-0.39, 0.29) is 0 Å². The maximum absolute atomic E-state index is 12.0. The molecule has 0 aliphatic rings. The van der Waals surface area contributed by atoms with Gasteiger partial charge in [-0.15, -0.1) is 0 Å². The molecule has 16 heavy (non-hydrogen) atoms. The summed E-state index contributed by atoms with van der Waals surface area (Å²) in [5.74, 6) is -2.33. The van der Waals surface area contributed by atoms with Crippen molar-refractivity contribution in [3.63, 3.8) is 0 Å². The number of carboxylic acids is 1. The van der Waals surface area contributed by atoms with Crippen LogP contribution in [0.4, 0.5) is 18.0 Å². The summed E-state index contributed by atoms with van der Waals surface area (Å²) in [5, 5.41) is 8.20. The molecule has 0 saturated carbocycles. The van der Waals surface area contributed by atoms with E-state index >= 15 is 0 Å². The Labute approximate surface area is 88.9 Å². The van der Waals surface area contributed by atoms with E-state index in [1.165, 1.54) is 20.8 Å². The number of halogens is 3. The highest BCUT2D eigenvalue weighted by Crippen LogP contribution is 2.18. The molecule has 0 unspecified atom stereocenters. The van der Waals surface area contributed by atoms with Crippen molar-refractivity contribution in [2.75, 3.05) is 0 Å². The van der Waals surface area contributed by atoms with Gasteiger partial charge in [0.25, 0.3) is 0 Å². The van der Waals surface area contributed by atoms with Gasteiger partial charge in [-0.05, 0) is 20.8 Å². The second-order valence-corrected chi connectivity index (χ2v) is 3.74. The minimum atomic E-state index is -5.21. The molecule has 0 aromatic rings. The fraction of sp³-hybridized carbons (Fsp3) is 0.625. The minimum absolute atomic E-state index is 1.05. The molecule has 8 heteroatoms. The third-order valence-electron chi connectivity index (χ3n) is 1.07. The van der Waals surface area contributed by atoms with Crippen molar-refractivity contribution in [2.45, 2.75) is 32.5 Å². The van der Waals surface area contributed by atoms with Crippen LogP contribution in [-0.2, 0) is 9.53 Å². The first-order chi connectivity index (χ1) is 6.93. The molecule has 0 saturated heterocycles. The molecular weight excluding hydrogens is 231 g/mol. The Balaban J connectivity index is 4.97. The lowest BCUT2D eigenvalue weighted by Crippen LogP contribution is -2.33. The van der Waals surface area contributed by atoms with E-state index in [9.17, 15) is 22.8 Å². The average Bonchev–Trinajstić information content (AvgIpc) is 1.93. The predicted octanol–water partition coefficient (Wildman–Crippen LogP) is 2.01. The molecule has 0 heterocycles. The Hall–Kier alpha value is -1.60. The van der Waals surface area contributed by atoms with Gasteiger partial charge in [0.15, 0.2) is 0 Å². The molecule has 0 atom stereocenters. The molecule has 0 bridgehead atoms. The molecule has 1 amide bonds. The smallest absolute Gasteiger partial charge is 0.440 e. The number of hydrogen-bond acceptors (Lipinski definition) is 3. The monoisotopic (exact) mass is 241 g/mol. The van der Waals surface area contributed by atoms with Gasteiger partial charge in [0.2, 0.25) is 5.71 Å². The molecule has 0 spiro atoms. The van der Waals surface area contributed by atoms with Gasteiger partial charge in [0.05, 0.1) is 0 Å². The fourth-order valence-corrected chi connectivity index (χ4v) is 0.608. The van der Waals surface area contributed by atoms with Gasteiger partial charge < -0.3 is 9.84 Å². The maximum Gasteiger partial charge on any atom is 0.440 e. The first-order valence-electron chi connectivity index (χ1n) is 4.05. The van der Waals surface area contributed by atoms with Crippen LogP contribution in [-0.4, -0.2) is 34.7 Å². The lowest BCUT2D eigenvalue weighted by atomic mass is 10.2. The van der Waals surface area contributed by atoms with Crippen molar-refractivity contribution in [2.24, 2.45) is 4.99 Å². The van der Waals surface area contributed by atoms with Crippen LogP contribution >= 0.6 is 0 Å². The zero-order valence-corrected chi connectivity index (χ0v) is 8.75. The topological polar surface area (TPSA) is 76.0 Å². The van der Waals surface area contributed by atoms with Crippen LogP contribution in [0.25, 0.3) is 0 Å². The van der Waals surface area contributed by atoms with Crippen molar-refractivity contribution in [1.82, 2.24) is 0 Å². The number of rotatable bonds is 1. The van der Waals surface area contributed by atoms with E-state index in [4.69, 9.17) is 5.11 Å². The zero-order valence-electron chi connectivity index (χ0n) is 8.75. The Morgan fingerprint density at radius 1 is 1.19 bits per heavy atom. The van der Waals surface area contributed by atoms with Crippen LogP contribution in [0, 0.1) is 0 Å². The highest BCUT2D eigenvalue weighted by Gasteiger charge is 2.42. The van der Waals surface area contributed by atoms with Crippen LogP contribution in [0.15, 0.2) is 4.99 Å². The third-order valence-corrected chi connectivity index (χ3v) is 1.07. The summed E-state index contributed by atoms with van der Waals surface area (Å²) in [5.41, 5.74) is -3.25. The van der Waals surface area contributed by atoms with Gasteiger partial charge in [-0.25, -0.2) is 9.59 Å². The summed E-state index contributed by atoms with van der Waals surface area (Å²) in [6, 6.07) is 0. The molecule has 92 valence electrons. The molecule has 0 aromatic carbocycles. The maximum atomic E-state index is 12.0. The quantitative estimate of drug-likeness (QED) is 0.712. The Kier molecular flexibility index (Phi) is 4.05. The van der Waals surface area contributed by atoms with Crippen LogP contribution in [0.1, 0.15) is 20.8 Å². The molecule has 0 radical (unpaired) electrons. The number of carbonyl (C=O) groups excluding carboxylic acids is 1. The average molecular weight is 241 g/mol. The molecule has 5 nitrogen and oxygen atoms in total. The summed E-state index contributed by atoms with van der Waals surface area (Å²) in [4.78, 5) is 23.4. The summed E-state index contributed by atoms with van der Waals surface area (Å²) >= 11 is 0. The largest absolute Gasteiger partial charge is 0.477 e. The number of aliphatic carboxylic acids is 1. The molecular formula is C8H10F3NO4. The van der Waals surface area contributed by atoms with Crippen molar-refractivity contribution in [3.05, 3.63) is 0 Å². The molecule has 0 rings (SSSR count). The number of nitrogens with zero attached hydrogens (tertiary/aromatic N) is 1. The van der Waals surface area contributed by atoms with Crippen LogP contribution in [0.3, 0.4) is 0 Å². The van der Waals surface area contributed by atoms with Crippen LogP contribution < -0.4 is 0 Å². The zero-order chi connectivity index (χ0) is 13.1. The molecule has 0 aliphatic heterocycles. The van der Waals surface area contributed by atoms with Gasteiger partial charge in [0.1, 0.15) is 5.60 Å². The lowest BCUT2D eigenvalue weighted by molar-refractivity contribution is -0.133. The number of carboxylic acid groups (broad SMARTS) is 1. The predicted molar refractivity (Wildman–Crippen MR) is 47.4 cm³/mol. The summed E-state index contributed by atoms with van der Waals surface area (Å²) in [6.45, 7) is 4.23. The Morgan fingerprint density at radius 3 is 1.88 bits per heavy atom. The standard InChI is InChI=1S/C8H10F3NO4/c1-7(2,3)16-6(15)12-4(5(13)14)8(9,10)11/h1-3H3,(H,13,14)/b12-4+. The van der Waals surface area contributed by atoms with E-state index in [0.29, 0.717) is 0 Å². The van der Waals surface area contributed by atoms with E-state index in [1.807, 2.05) is 0 Å². The van der Waals surface area contributed by atoms with Gasteiger partial charge in [-0.2, -0.15) is 18.2 Å². The highest BCUT2D eigenvalue weighted by atomic mass is 19.4. The fourth-order valence-electron chi connectivity index (χ4n) is 0.608. The van der Waals surface area contributed by atoms with Crippen LogP contribution in [0.5, 0.6) is 0 Å². The van der Waals surface area contributed by atoms with E-state index in [1.54, 1.807) is 0 Å². The first kappa shape index (κ1) is 14.4. The minimum Gasteiger partial charge on any atom is -0.477 e. The van der Waals surface area contributed by atoms with Gasteiger partial charge >= 0.3 is 18.2 Å².